The number of allylic oxidation sites excluding steroid dienone is 1. The van der Waals surface area contributed by atoms with Crippen molar-refractivity contribution in [3.05, 3.63) is 12.2 Å². The summed E-state index contributed by atoms with van der Waals surface area (Å²) in [6.45, 7) is 10.1. The summed E-state index contributed by atoms with van der Waals surface area (Å²) in [4.78, 5) is 26.4. The van der Waals surface area contributed by atoms with E-state index in [0.29, 0.717) is 13.0 Å². The van der Waals surface area contributed by atoms with Crippen molar-refractivity contribution in [3.8, 4) is 0 Å². The molecule has 0 bridgehead atoms. The number of hydrogen-bond acceptors (Lipinski definition) is 2. The molecule has 0 aliphatic carbocycles. The van der Waals surface area contributed by atoms with Crippen molar-refractivity contribution in [2.75, 3.05) is 6.54 Å². The zero-order chi connectivity index (χ0) is 13.9. The second-order valence-electron chi connectivity index (χ2n) is 5.34. The Kier molecular flexibility index (Phi) is 4.54. The average Bonchev–Trinajstić information content (AvgIpc) is 2.33. The van der Waals surface area contributed by atoms with Crippen LogP contribution in [0.25, 0.3) is 0 Å². The monoisotopic (exact) mass is 252 g/mol. The van der Waals surface area contributed by atoms with E-state index in [4.69, 9.17) is 0 Å². The van der Waals surface area contributed by atoms with E-state index in [2.05, 4.69) is 5.32 Å². The van der Waals surface area contributed by atoms with Gasteiger partial charge in [0, 0.05) is 6.54 Å². The Balaban J connectivity index is 3.09. The first-order valence-corrected chi connectivity index (χ1v) is 6.62. The molecule has 2 amide bonds. The van der Waals surface area contributed by atoms with Crippen LogP contribution in [-0.2, 0) is 9.59 Å². The molecule has 102 valence electrons. The molecule has 2 unspecified atom stereocenters. The van der Waals surface area contributed by atoms with Crippen LogP contribution in [-0.4, -0.2) is 34.8 Å². The molecule has 0 saturated carbocycles. The van der Waals surface area contributed by atoms with Crippen LogP contribution in [0, 0.1) is 5.92 Å². The fourth-order valence-electron chi connectivity index (χ4n) is 2.20. The van der Waals surface area contributed by atoms with Crippen molar-refractivity contribution in [2.24, 2.45) is 5.92 Å². The van der Waals surface area contributed by atoms with Crippen molar-refractivity contribution < 1.29 is 9.59 Å². The Morgan fingerprint density at radius 1 is 1.44 bits per heavy atom. The molecule has 4 heteroatoms. The maximum atomic E-state index is 12.5. The molecule has 1 aliphatic rings. The zero-order valence-corrected chi connectivity index (χ0v) is 12.0. The summed E-state index contributed by atoms with van der Waals surface area (Å²) >= 11 is 0. The fourth-order valence-corrected chi connectivity index (χ4v) is 2.20. The highest BCUT2D eigenvalue weighted by atomic mass is 16.2. The molecule has 18 heavy (non-hydrogen) atoms. The maximum absolute atomic E-state index is 12.5. The smallest absolute Gasteiger partial charge is 0.246 e. The third-order valence-electron chi connectivity index (χ3n) is 3.78. The van der Waals surface area contributed by atoms with E-state index < -0.39 is 11.6 Å². The van der Waals surface area contributed by atoms with Gasteiger partial charge in [-0.3, -0.25) is 9.59 Å². The lowest BCUT2D eigenvalue weighted by atomic mass is 9.88. The minimum absolute atomic E-state index is 0.0204. The number of amides is 2. The van der Waals surface area contributed by atoms with Crippen molar-refractivity contribution >= 4 is 11.8 Å². The van der Waals surface area contributed by atoms with Gasteiger partial charge >= 0.3 is 0 Å². The summed E-state index contributed by atoms with van der Waals surface area (Å²) in [6.07, 6.45) is 4.44. The van der Waals surface area contributed by atoms with Gasteiger partial charge in [0.15, 0.2) is 0 Å². The van der Waals surface area contributed by atoms with Crippen LogP contribution in [0.1, 0.15) is 41.0 Å². The fraction of sp³-hybridized carbons (Fsp3) is 0.714. The molecule has 0 aromatic rings. The summed E-state index contributed by atoms with van der Waals surface area (Å²) in [5, 5.41) is 2.86. The SMILES string of the molecule is C/C=C/CN1C(=O)C(C(C)C)NC(=O)C1(C)CC. The van der Waals surface area contributed by atoms with Gasteiger partial charge in [0.05, 0.1) is 0 Å². The molecule has 1 saturated heterocycles. The van der Waals surface area contributed by atoms with Crippen LogP contribution in [0.5, 0.6) is 0 Å². The van der Waals surface area contributed by atoms with E-state index >= 15 is 0 Å². The van der Waals surface area contributed by atoms with Crippen LogP contribution in [0.2, 0.25) is 0 Å². The van der Waals surface area contributed by atoms with Gasteiger partial charge in [-0.05, 0) is 26.2 Å². The molecule has 0 spiro atoms. The standard InChI is InChI=1S/C14H24N2O2/c1-6-8-9-16-12(17)11(10(3)4)15-13(18)14(16,5)7-2/h6,8,10-11H,7,9H2,1-5H3,(H,15,18)/b8-6+. The van der Waals surface area contributed by atoms with E-state index in [1.807, 2.05) is 46.8 Å². The van der Waals surface area contributed by atoms with Gasteiger partial charge in [-0.25, -0.2) is 0 Å². The number of nitrogens with zero attached hydrogens (tertiary/aromatic N) is 1. The molecular weight excluding hydrogens is 228 g/mol. The first kappa shape index (κ1) is 14.7. The van der Waals surface area contributed by atoms with Gasteiger partial charge in [-0.15, -0.1) is 0 Å². The van der Waals surface area contributed by atoms with E-state index in [0.717, 1.165) is 0 Å². The summed E-state index contributed by atoms with van der Waals surface area (Å²) in [7, 11) is 0. The predicted octanol–water partition coefficient (Wildman–Crippen LogP) is 1.71. The minimum Gasteiger partial charge on any atom is -0.342 e. The lowest BCUT2D eigenvalue weighted by Crippen LogP contribution is -2.70. The van der Waals surface area contributed by atoms with E-state index in [-0.39, 0.29) is 17.7 Å². The molecule has 1 fully saturated rings. The van der Waals surface area contributed by atoms with Crippen LogP contribution in [0.3, 0.4) is 0 Å². The quantitative estimate of drug-likeness (QED) is 0.774. The Bertz CT molecular complexity index is 363. The highest BCUT2D eigenvalue weighted by Gasteiger charge is 2.48. The molecule has 1 heterocycles. The second-order valence-corrected chi connectivity index (χ2v) is 5.34. The molecule has 0 radical (unpaired) electrons. The Morgan fingerprint density at radius 2 is 2.06 bits per heavy atom. The lowest BCUT2D eigenvalue weighted by molar-refractivity contribution is -0.157. The predicted molar refractivity (Wildman–Crippen MR) is 72.0 cm³/mol. The van der Waals surface area contributed by atoms with Gasteiger partial charge in [-0.1, -0.05) is 32.9 Å². The van der Waals surface area contributed by atoms with Crippen molar-refractivity contribution in [1.29, 1.82) is 0 Å². The molecule has 0 aromatic heterocycles. The lowest BCUT2D eigenvalue weighted by Gasteiger charge is -2.46. The van der Waals surface area contributed by atoms with E-state index in [1.165, 1.54) is 0 Å². The van der Waals surface area contributed by atoms with E-state index in [1.54, 1.807) is 4.90 Å². The average molecular weight is 252 g/mol. The Morgan fingerprint density at radius 3 is 2.50 bits per heavy atom. The Hall–Kier alpha value is -1.32. The molecule has 1 aliphatic heterocycles. The van der Waals surface area contributed by atoms with Gasteiger partial charge < -0.3 is 10.2 Å². The topological polar surface area (TPSA) is 49.4 Å². The number of nitrogens with one attached hydrogen (secondary N) is 1. The summed E-state index contributed by atoms with van der Waals surface area (Å²) in [5.41, 5.74) is -0.734. The molecule has 1 rings (SSSR count). The van der Waals surface area contributed by atoms with Gasteiger partial charge in [0.25, 0.3) is 0 Å². The normalized spacial score (nSPS) is 29.2. The van der Waals surface area contributed by atoms with Gasteiger partial charge in [0.1, 0.15) is 11.6 Å². The number of hydrogen-bond donors (Lipinski definition) is 1. The zero-order valence-electron chi connectivity index (χ0n) is 12.0. The molecule has 0 aromatic carbocycles. The van der Waals surface area contributed by atoms with Crippen molar-refractivity contribution in [2.45, 2.75) is 52.6 Å². The highest BCUT2D eigenvalue weighted by Crippen LogP contribution is 2.26. The molecular formula is C14H24N2O2. The minimum atomic E-state index is -0.734. The van der Waals surface area contributed by atoms with Gasteiger partial charge in [-0.2, -0.15) is 0 Å². The summed E-state index contributed by atoms with van der Waals surface area (Å²) in [5.74, 6) is 0.0795. The molecule has 2 atom stereocenters. The van der Waals surface area contributed by atoms with Crippen LogP contribution in [0.4, 0.5) is 0 Å². The highest BCUT2D eigenvalue weighted by molar-refractivity contribution is 5.99. The van der Waals surface area contributed by atoms with Gasteiger partial charge in [0.2, 0.25) is 11.8 Å². The summed E-state index contributed by atoms with van der Waals surface area (Å²) in [6, 6.07) is -0.401. The summed E-state index contributed by atoms with van der Waals surface area (Å²) < 4.78 is 0. The number of rotatable bonds is 4. The van der Waals surface area contributed by atoms with Crippen LogP contribution >= 0.6 is 0 Å². The number of carbonyl (C=O) groups is 2. The maximum Gasteiger partial charge on any atom is 0.246 e. The molecule has 4 nitrogen and oxygen atoms in total. The molecule has 1 N–H and O–H groups in total. The van der Waals surface area contributed by atoms with E-state index in [9.17, 15) is 9.59 Å². The Labute approximate surface area is 109 Å². The second kappa shape index (κ2) is 5.55. The first-order valence-electron chi connectivity index (χ1n) is 6.62. The number of carbonyl (C=O) groups excluding carboxylic acids is 2. The van der Waals surface area contributed by atoms with Crippen LogP contribution < -0.4 is 5.32 Å². The largest absolute Gasteiger partial charge is 0.342 e. The third-order valence-corrected chi connectivity index (χ3v) is 3.78. The van der Waals surface area contributed by atoms with Crippen LogP contribution in [0.15, 0.2) is 12.2 Å². The van der Waals surface area contributed by atoms with Crippen molar-refractivity contribution in [1.82, 2.24) is 10.2 Å². The van der Waals surface area contributed by atoms with Crippen molar-refractivity contribution in [3.63, 3.8) is 0 Å². The number of piperazine rings is 1. The third kappa shape index (κ3) is 2.42. The first-order chi connectivity index (χ1) is 8.38.